The van der Waals surface area contributed by atoms with Gasteiger partial charge in [0.2, 0.25) is 15.9 Å². The maximum Gasteiger partial charge on any atom is 0.242 e. The molecule has 0 heterocycles. The molecule has 0 unspecified atom stereocenters. The summed E-state index contributed by atoms with van der Waals surface area (Å²) in [6.45, 7) is 0.0345. The molecule has 0 aromatic heterocycles. The maximum atomic E-state index is 12.9. The summed E-state index contributed by atoms with van der Waals surface area (Å²) >= 11 is 0. The first-order valence-corrected chi connectivity index (χ1v) is 9.71. The number of sulfonamides is 1. The number of hydrogen-bond donors (Lipinski definition) is 1. The Labute approximate surface area is 158 Å². The molecule has 144 valence electrons. The minimum atomic E-state index is -3.62. The minimum absolute atomic E-state index is 0.0187. The van der Waals surface area contributed by atoms with Crippen LogP contribution < -0.4 is 5.32 Å². The molecular formula is C19H21FN2O4S. The molecule has 0 saturated heterocycles. The predicted molar refractivity (Wildman–Crippen MR) is 99.1 cm³/mol. The number of rotatable bonds is 8. The van der Waals surface area contributed by atoms with Crippen molar-refractivity contribution in [2.24, 2.45) is 0 Å². The number of amides is 1. The van der Waals surface area contributed by atoms with Gasteiger partial charge in [0.15, 0.2) is 5.78 Å². The summed E-state index contributed by atoms with van der Waals surface area (Å²) in [5, 5.41) is 2.63. The standard InChI is InChI=1S/C19H21FN2O4S/c1-22(2)27(25,26)18-6-4-3-5-15(18)13-21-19(24)12-11-17(23)14-7-9-16(20)10-8-14/h3-10H,11-13H2,1-2H3,(H,21,24). The highest BCUT2D eigenvalue weighted by atomic mass is 32.2. The molecule has 0 aliphatic carbocycles. The van der Waals surface area contributed by atoms with Crippen molar-refractivity contribution in [3.8, 4) is 0 Å². The van der Waals surface area contributed by atoms with Crippen LogP contribution in [0.25, 0.3) is 0 Å². The first kappa shape index (κ1) is 20.7. The van der Waals surface area contributed by atoms with E-state index in [1.54, 1.807) is 18.2 Å². The second-order valence-corrected chi connectivity index (χ2v) is 8.22. The van der Waals surface area contributed by atoms with Crippen LogP contribution in [-0.4, -0.2) is 38.5 Å². The zero-order valence-corrected chi connectivity index (χ0v) is 15.9. The number of carbonyl (C=O) groups excluding carboxylic acids is 2. The fourth-order valence-electron chi connectivity index (χ4n) is 2.39. The zero-order valence-electron chi connectivity index (χ0n) is 15.1. The normalized spacial score (nSPS) is 11.4. The number of carbonyl (C=O) groups is 2. The molecule has 2 rings (SSSR count). The number of hydrogen-bond acceptors (Lipinski definition) is 4. The number of ketones is 1. The van der Waals surface area contributed by atoms with Gasteiger partial charge in [-0.2, -0.15) is 0 Å². The molecule has 2 aromatic rings. The van der Waals surface area contributed by atoms with Crippen molar-refractivity contribution in [2.45, 2.75) is 24.3 Å². The van der Waals surface area contributed by atoms with Gasteiger partial charge in [0.25, 0.3) is 0 Å². The van der Waals surface area contributed by atoms with Crippen molar-refractivity contribution in [3.05, 3.63) is 65.5 Å². The summed E-state index contributed by atoms with van der Waals surface area (Å²) in [5.41, 5.74) is 0.802. The van der Waals surface area contributed by atoms with Gasteiger partial charge in [-0.3, -0.25) is 9.59 Å². The van der Waals surface area contributed by atoms with E-state index in [0.717, 1.165) is 4.31 Å². The van der Waals surface area contributed by atoms with E-state index in [-0.39, 0.29) is 36.0 Å². The molecular weight excluding hydrogens is 371 g/mol. The van der Waals surface area contributed by atoms with E-state index >= 15 is 0 Å². The summed E-state index contributed by atoms with van der Waals surface area (Å²) < 4.78 is 38.6. The number of nitrogens with one attached hydrogen (secondary N) is 1. The van der Waals surface area contributed by atoms with Gasteiger partial charge in [0.1, 0.15) is 5.82 Å². The fourth-order valence-corrected chi connectivity index (χ4v) is 3.50. The summed E-state index contributed by atoms with van der Waals surface area (Å²) in [4.78, 5) is 24.1. The molecule has 0 aliphatic rings. The van der Waals surface area contributed by atoms with Crippen molar-refractivity contribution in [2.75, 3.05) is 14.1 Å². The third-order valence-corrected chi connectivity index (χ3v) is 5.87. The van der Waals surface area contributed by atoms with E-state index in [9.17, 15) is 22.4 Å². The molecule has 1 N–H and O–H groups in total. The average Bonchev–Trinajstić information content (AvgIpc) is 2.65. The second kappa shape index (κ2) is 8.88. The van der Waals surface area contributed by atoms with Crippen molar-refractivity contribution < 1.29 is 22.4 Å². The van der Waals surface area contributed by atoms with Crippen molar-refractivity contribution >= 4 is 21.7 Å². The molecule has 0 bridgehead atoms. The quantitative estimate of drug-likeness (QED) is 0.699. The predicted octanol–water partition coefficient (Wildman–Crippen LogP) is 2.36. The molecule has 27 heavy (non-hydrogen) atoms. The van der Waals surface area contributed by atoms with E-state index in [1.807, 2.05) is 0 Å². The largest absolute Gasteiger partial charge is 0.352 e. The maximum absolute atomic E-state index is 12.9. The lowest BCUT2D eigenvalue weighted by Gasteiger charge is -2.15. The summed E-state index contributed by atoms with van der Waals surface area (Å²) in [6.07, 6.45) is -0.0616. The molecule has 6 nitrogen and oxygen atoms in total. The summed E-state index contributed by atoms with van der Waals surface area (Å²) in [5.74, 6) is -1.07. The van der Waals surface area contributed by atoms with Crippen LogP contribution in [0.4, 0.5) is 4.39 Å². The van der Waals surface area contributed by atoms with Crippen LogP contribution in [-0.2, 0) is 21.4 Å². The van der Waals surface area contributed by atoms with E-state index in [0.29, 0.717) is 11.1 Å². The Morgan fingerprint density at radius 2 is 1.63 bits per heavy atom. The van der Waals surface area contributed by atoms with E-state index in [2.05, 4.69) is 5.32 Å². The van der Waals surface area contributed by atoms with Crippen molar-refractivity contribution in [1.29, 1.82) is 0 Å². The van der Waals surface area contributed by atoms with Gasteiger partial charge in [-0.05, 0) is 35.9 Å². The lowest BCUT2D eigenvalue weighted by molar-refractivity contribution is -0.121. The number of benzene rings is 2. The van der Waals surface area contributed by atoms with E-state index in [1.165, 1.54) is 44.4 Å². The topological polar surface area (TPSA) is 83.6 Å². The molecule has 0 aliphatic heterocycles. The van der Waals surface area contributed by atoms with Gasteiger partial charge in [-0.1, -0.05) is 18.2 Å². The van der Waals surface area contributed by atoms with Gasteiger partial charge in [0, 0.05) is 39.0 Å². The minimum Gasteiger partial charge on any atom is -0.352 e. The molecule has 2 aromatic carbocycles. The van der Waals surface area contributed by atoms with Crippen molar-refractivity contribution in [3.63, 3.8) is 0 Å². The first-order chi connectivity index (χ1) is 12.7. The molecule has 8 heteroatoms. The second-order valence-electron chi connectivity index (χ2n) is 6.10. The SMILES string of the molecule is CN(C)S(=O)(=O)c1ccccc1CNC(=O)CCC(=O)c1ccc(F)cc1. The van der Waals surface area contributed by atoms with Gasteiger partial charge in [-0.15, -0.1) is 0 Å². The Morgan fingerprint density at radius 3 is 2.26 bits per heavy atom. The van der Waals surface area contributed by atoms with Crippen LogP contribution in [0.2, 0.25) is 0 Å². The number of Topliss-reactive ketones (excluding diaryl/α,β-unsaturated/α-hetero) is 1. The van der Waals surface area contributed by atoms with Gasteiger partial charge < -0.3 is 5.32 Å². The van der Waals surface area contributed by atoms with Crippen LogP contribution in [0.1, 0.15) is 28.8 Å². The highest BCUT2D eigenvalue weighted by molar-refractivity contribution is 7.89. The lowest BCUT2D eigenvalue weighted by Crippen LogP contribution is -2.27. The molecule has 1 amide bonds. The molecule has 0 fully saturated rings. The van der Waals surface area contributed by atoms with Gasteiger partial charge in [0.05, 0.1) is 4.90 Å². The Morgan fingerprint density at radius 1 is 1.00 bits per heavy atom. The third kappa shape index (κ3) is 5.45. The van der Waals surface area contributed by atoms with Crippen LogP contribution in [0.15, 0.2) is 53.4 Å². The molecule has 0 spiro atoms. The Balaban J connectivity index is 1.95. The van der Waals surface area contributed by atoms with E-state index in [4.69, 9.17) is 0 Å². The summed E-state index contributed by atoms with van der Waals surface area (Å²) in [7, 11) is -0.751. The lowest BCUT2D eigenvalue weighted by atomic mass is 10.1. The smallest absolute Gasteiger partial charge is 0.242 e. The molecule has 0 atom stereocenters. The Kier molecular flexibility index (Phi) is 6.81. The monoisotopic (exact) mass is 392 g/mol. The average molecular weight is 392 g/mol. The first-order valence-electron chi connectivity index (χ1n) is 8.27. The fraction of sp³-hybridized carbons (Fsp3) is 0.263. The van der Waals surface area contributed by atoms with Crippen LogP contribution in [0.5, 0.6) is 0 Å². The summed E-state index contributed by atoms with van der Waals surface area (Å²) in [6, 6.07) is 11.5. The third-order valence-electron chi connectivity index (χ3n) is 3.95. The number of halogens is 1. The van der Waals surface area contributed by atoms with Crippen LogP contribution >= 0.6 is 0 Å². The molecule has 0 radical (unpaired) electrons. The van der Waals surface area contributed by atoms with Gasteiger partial charge >= 0.3 is 0 Å². The van der Waals surface area contributed by atoms with Crippen molar-refractivity contribution in [1.82, 2.24) is 9.62 Å². The highest BCUT2D eigenvalue weighted by Crippen LogP contribution is 2.18. The zero-order chi connectivity index (χ0) is 20.0. The Hall–Kier alpha value is -2.58. The van der Waals surface area contributed by atoms with Gasteiger partial charge in [-0.25, -0.2) is 17.1 Å². The van der Waals surface area contributed by atoms with Crippen LogP contribution in [0, 0.1) is 5.82 Å². The number of nitrogens with zero attached hydrogens (tertiary/aromatic N) is 1. The molecule has 0 saturated carbocycles. The van der Waals surface area contributed by atoms with Crippen LogP contribution in [0.3, 0.4) is 0 Å². The Bertz CT molecular complexity index is 925. The van der Waals surface area contributed by atoms with E-state index < -0.39 is 15.8 Å². The highest BCUT2D eigenvalue weighted by Gasteiger charge is 2.20.